The molecular weight excluding hydrogens is 320 g/mol. The maximum absolute atomic E-state index is 12.4. The van der Waals surface area contributed by atoms with Crippen LogP contribution in [0.1, 0.15) is 16.2 Å². The Hall–Kier alpha value is -3.35. The van der Waals surface area contributed by atoms with E-state index in [0.717, 1.165) is 11.3 Å². The molecule has 7 heteroatoms. The summed E-state index contributed by atoms with van der Waals surface area (Å²) in [4.78, 5) is 16.5. The van der Waals surface area contributed by atoms with Gasteiger partial charge in [-0.2, -0.15) is 0 Å². The number of carbonyl (C=O) groups excluding carboxylic acids is 1. The average Bonchev–Trinajstić information content (AvgIpc) is 3.13. The first-order chi connectivity index (χ1) is 12.1. The second kappa shape index (κ2) is 7.04. The smallest absolute Gasteiger partial charge is 0.295 e. The van der Waals surface area contributed by atoms with E-state index in [4.69, 9.17) is 9.47 Å². The predicted molar refractivity (Wildman–Crippen MR) is 93.6 cm³/mol. The fourth-order valence-corrected chi connectivity index (χ4v) is 2.27. The topological polar surface area (TPSA) is 78.3 Å². The largest absolute Gasteiger partial charge is 0.497 e. The molecule has 1 N–H and O–H groups in total. The molecule has 1 amide bonds. The summed E-state index contributed by atoms with van der Waals surface area (Å²) in [6, 6.07) is 12.9. The Morgan fingerprint density at radius 3 is 2.52 bits per heavy atom. The van der Waals surface area contributed by atoms with Gasteiger partial charge in [0.1, 0.15) is 17.8 Å². The highest BCUT2D eigenvalue weighted by Crippen LogP contribution is 2.29. The lowest BCUT2D eigenvalue weighted by Gasteiger charge is -2.10. The Kier molecular flexibility index (Phi) is 4.65. The normalized spacial score (nSPS) is 10.4. The Morgan fingerprint density at radius 1 is 1.08 bits per heavy atom. The number of aromatic nitrogens is 3. The van der Waals surface area contributed by atoms with Crippen LogP contribution in [0, 0.1) is 6.92 Å². The van der Waals surface area contributed by atoms with Crippen molar-refractivity contribution in [2.24, 2.45) is 0 Å². The van der Waals surface area contributed by atoms with Gasteiger partial charge in [-0.3, -0.25) is 4.79 Å². The molecule has 0 aliphatic rings. The summed E-state index contributed by atoms with van der Waals surface area (Å²) >= 11 is 0. The number of amides is 1. The summed E-state index contributed by atoms with van der Waals surface area (Å²) in [5, 5.41) is 6.97. The van der Waals surface area contributed by atoms with E-state index in [2.05, 4.69) is 15.4 Å². The van der Waals surface area contributed by atoms with Crippen LogP contribution in [0.2, 0.25) is 0 Å². The van der Waals surface area contributed by atoms with Crippen molar-refractivity contribution in [3.63, 3.8) is 0 Å². The Balaban J connectivity index is 1.79. The predicted octanol–water partition coefficient (Wildman–Crippen LogP) is 2.85. The molecule has 0 unspecified atom stereocenters. The molecule has 0 saturated carbocycles. The van der Waals surface area contributed by atoms with Gasteiger partial charge in [-0.05, 0) is 31.2 Å². The molecule has 0 atom stereocenters. The van der Waals surface area contributed by atoms with Crippen molar-refractivity contribution < 1.29 is 14.3 Å². The van der Waals surface area contributed by atoms with Crippen LogP contribution in [0.4, 0.5) is 5.69 Å². The van der Waals surface area contributed by atoms with Crippen molar-refractivity contribution in [2.45, 2.75) is 6.92 Å². The number of benzene rings is 2. The zero-order valence-electron chi connectivity index (χ0n) is 14.2. The highest BCUT2D eigenvalue weighted by atomic mass is 16.5. The highest BCUT2D eigenvalue weighted by Gasteiger charge is 2.15. The van der Waals surface area contributed by atoms with E-state index in [0.29, 0.717) is 17.2 Å². The summed E-state index contributed by atoms with van der Waals surface area (Å²) in [6.07, 6.45) is 1.50. The van der Waals surface area contributed by atoms with E-state index in [1.807, 2.05) is 31.2 Å². The van der Waals surface area contributed by atoms with E-state index in [1.165, 1.54) is 13.4 Å². The summed E-state index contributed by atoms with van der Waals surface area (Å²) in [7, 11) is 3.09. The lowest BCUT2D eigenvalue weighted by atomic mass is 10.2. The van der Waals surface area contributed by atoms with Gasteiger partial charge in [-0.15, -0.1) is 5.10 Å². The molecular formula is C18H18N4O3. The summed E-state index contributed by atoms with van der Waals surface area (Å²) in [5.74, 6) is 0.773. The molecule has 0 aliphatic heterocycles. The van der Waals surface area contributed by atoms with E-state index in [9.17, 15) is 4.79 Å². The third-order valence-electron chi connectivity index (χ3n) is 3.65. The molecule has 128 valence electrons. The van der Waals surface area contributed by atoms with Gasteiger partial charge in [0, 0.05) is 6.07 Å². The van der Waals surface area contributed by atoms with Crippen LogP contribution in [0.3, 0.4) is 0 Å². The molecule has 0 radical (unpaired) electrons. The van der Waals surface area contributed by atoms with Crippen LogP contribution in [0.5, 0.6) is 11.5 Å². The molecule has 0 saturated heterocycles. The second-order valence-electron chi connectivity index (χ2n) is 5.37. The summed E-state index contributed by atoms with van der Waals surface area (Å²) in [5.41, 5.74) is 2.49. The quantitative estimate of drug-likeness (QED) is 0.774. The van der Waals surface area contributed by atoms with Gasteiger partial charge in [0.15, 0.2) is 0 Å². The van der Waals surface area contributed by atoms with Crippen molar-refractivity contribution in [3.05, 3.63) is 60.2 Å². The number of aryl methyl sites for hydroxylation is 1. The number of hydrogen-bond donors (Lipinski definition) is 1. The van der Waals surface area contributed by atoms with E-state index >= 15 is 0 Å². The van der Waals surface area contributed by atoms with E-state index < -0.39 is 5.91 Å². The summed E-state index contributed by atoms with van der Waals surface area (Å²) < 4.78 is 12.0. The number of nitrogens with one attached hydrogen (secondary N) is 1. The first-order valence-electron chi connectivity index (χ1n) is 7.63. The van der Waals surface area contributed by atoms with Crippen LogP contribution >= 0.6 is 0 Å². The molecule has 7 nitrogen and oxygen atoms in total. The average molecular weight is 338 g/mol. The van der Waals surface area contributed by atoms with Crippen molar-refractivity contribution in [3.8, 4) is 17.2 Å². The van der Waals surface area contributed by atoms with E-state index in [1.54, 1.807) is 30.0 Å². The molecule has 25 heavy (non-hydrogen) atoms. The maximum Gasteiger partial charge on any atom is 0.295 e. The molecule has 2 aromatic carbocycles. The summed E-state index contributed by atoms with van der Waals surface area (Å²) in [6.45, 7) is 2.01. The molecule has 0 spiro atoms. The molecule has 0 aliphatic carbocycles. The van der Waals surface area contributed by atoms with Gasteiger partial charge < -0.3 is 14.8 Å². The van der Waals surface area contributed by atoms with Gasteiger partial charge in [0.2, 0.25) is 5.82 Å². The zero-order chi connectivity index (χ0) is 17.8. The van der Waals surface area contributed by atoms with Crippen molar-refractivity contribution >= 4 is 11.6 Å². The molecule has 3 rings (SSSR count). The molecule has 1 heterocycles. The maximum atomic E-state index is 12.4. The fraction of sp³-hybridized carbons (Fsp3) is 0.167. The lowest BCUT2D eigenvalue weighted by molar-refractivity contribution is 0.101. The minimum absolute atomic E-state index is 0.0680. The highest BCUT2D eigenvalue weighted by molar-refractivity contribution is 6.02. The van der Waals surface area contributed by atoms with Crippen LogP contribution in [0.15, 0.2) is 48.8 Å². The van der Waals surface area contributed by atoms with Gasteiger partial charge in [-0.1, -0.05) is 17.7 Å². The SMILES string of the molecule is COc1ccc(NC(=O)c2ncn(-c3ccc(C)cc3)n2)c(OC)c1. The second-order valence-corrected chi connectivity index (χ2v) is 5.37. The van der Waals surface area contributed by atoms with E-state index in [-0.39, 0.29) is 5.82 Å². The Labute approximate surface area is 145 Å². The first-order valence-corrected chi connectivity index (χ1v) is 7.63. The van der Waals surface area contributed by atoms with Crippen LogP contribution in [-0.2, 0) is 0 Å². The van der Waals surface area contributed by atoms with Gasteiger partial charge in [-0.25, -0.2) is 9.67 Å². The third kappa shape index (κ3) is 3.60. The number of ether oxygens (including phenoxy) is 2. The molecule has 1 aromatic heterocycles. The van der Waals surface area contributed by atoms with Crippen molar-refractivity contribution in [1.29, 1.82) is 0 Å². The number of hydrogen-bond acceptors (Lipinski definition) is 5. The van der Waals surface area contributed by atoms with Crippen LogP contribution < -0.4 is 14.8 Å². The molecule has 0 fully saturated rings. The zero-order valence-corrected chi connectivity index (χ0v) is 14.2. The number of methoxy groups -OCH3 is 2. The van der Waals surface area contributed by atoms with Gasteiger partial charge in [0.05, 0.1) is 25.6 Å². The van der Waals surface area contributed by atoms with Crippen molar-refractivity contribution in [1.82, 2.24) is 14.8 Å². The fourth-order valence-electron chi connectivity index (χ4n) is 2.27. The standard InChI is InChI=1S/C18H18N4O3/c1-12-4-6-13(7-5-12)22-11-19-17(21-22)18(23)20-15-9-8-14(24-2)10-16(15)25-3/h4-11H,1-3H3,(H,20,23). The number of nitrogens with zero attached hydrogens (tertiary/aromatic N) is 3. The third-order valence-corrected chi connectivity index (χ3v) is 3.65. The van der Waals surface area contributed by atoms with Crippen LogP contribution in [0.25, 0.3) is 5.69 Å². The number of anilines is 1. The van der Waals surface area contributed by atoms with Crippen LogP contribution in [-0.4, -0.2) is 34.9 Å². The Morgan fingerprint density at radius 2 is 1.84 bits per heavy atom. The minimum Gasteiger partial charge on any atom is -0.497 e. The van der Waals surface area contributed by atoms with Gasteiger partial charge in [0.25, 0.3) is 5.91 Å². The van der Waals surface area contributed by atoms with Gasteiger partial charge >= 0.3 is 0 Å². The molecule has 0 bridgehead atoms. The lowest BCUT2D eigenvalue weighted by Crippen LogP contribution is -2.15. The molecule has 3 aromatic rings. The number of rotatable bonds is 5. The monoisotopic (exact) mass is 338 g/mol. The Bertz CT molecular complexity index is 888. The minimum atomic E-state index is -0.422. The van der Waals surface area contributed by atoms with Crippen molar-refractivity contribution in [2.75, 3.05) is 19.5 Å². The number of carbonyl (C=O) groups is 1. The first kappa shape index (κ1) is 16.5.